The number of Topliss-reactive ketones (excluding diaryl/α,β-unsaturated/α-hetero) is 1. The highest BCUT2D eigenvalue weighted by atomic mass is 35.5. The van der Waals surface area contributed by atoms with Gasteiger partial charge in [0.25, 0.3) is 0 Å². The Morgan fingerprint density at radius 3 is 2.49 bits per heavy atom. The standard InChI is InChI=1S/C29H30ClN3O2/c1-18-15-25-27(19(2)28(18)30)24(34)17-29(35-25)11-13-33(14-12-29)26-10-9-23(31-32-26)22-8-7-20-5-3-4-6-21(20)16-22/h7-10,15-16H,3-6,11-14,17H2,1-2H3. The zero-order valence-electron chi connectivity index (χ0n) is 20.4. The highest BCUT2D eigenvalue weighted by Crippen LogP contribution is 2.43. The molecule has 0 bridgehead atoms. The van der Waals surface area contributed by atoms with Gasteiger partial charge in [0.05, 0.1) is 17.7 Å². The topological polar surface area (TPSA) is 55.3 Å². The molecule has 0 radical (unpaired) electrons. The molecule has 0 amide bonds. The van der Waals surface area contributed by atoms with E-state index in [-0.39, 0.29) is 5.78 Å². The minimum atomic E-state index is -0.455. The molecule has 0 N–H and O–H groups in total. The molecule has 0 saturated carbocycles. The van der Waals surface area contributed by atoms with Crippen molar-refractivity contribution in [3.05, 3.63) is 69.2 Å². The second-order valence-corrected chi connectivity index (χ2v) is 10.7. The third-order valence-electron chi connectivity index (χ3n) is 8.03. The van der Waals surface area contributed by atoms with Crippen molar-refractivity contribution in [2.75, 3.05) is 18.0 Å². The van der Waals surface area contributed by atoms with E-state index in [1.54, 1.807) is 0 Å². The van der Waals surface area contributed by atoms with Crippen molar-refractivity contribution in [2.45, 2.75) is 64.4 Å². The van der Waals surface area contributed by atoms with E-state index in [1.807, 2.05) is 19.9 Å². The second kappa shape index (κ2) is 8.63. The van der Waals surface area contributed by atoms with Crippen LogP contribution in [0.1, 0.15) is 64.7 Å². The summed E-state index contributed by atoms with van der Waals surface area (Å²) < 4.78 is 6.51. The van der Waals surface area contributed by atoms with E-state index in [4.69, 9.17) is 16.3 Å². The number of hydrogen-bond acceptors (Lipinski definition) is 5. The van der Waals surface area contributed by atoms with Crippen LogP contribution in [0.25, 0.3) is 11.3 Å². The maximum absolute atomic E-state index is 13.1. The van der Waals surface area contributed by atoms with Gasteiger partial charge in [-0.1, -0.05) is 23.7 Å². The van der Waals surface area contributed by atoms with Crippen LogP contribution < -0.4 is 9.64 Å². The second-order valence-electron chi connectivity index (χ2n) is 10.3. The van der Waals surface area contributed by atoms with Gasteiger partial charge < -0.3 is 9.64 Å². The minimum Gasteiger partial charge on any atom is -0.486 e. The average molecular weight is 488 g/mol. The zero-order valence-corrected chi connectivity index (χ0v) is 21.1. The number of piperidine rings is 1. The summed E-state index contributed by atoms with van der Waals surface area (Å²) >= 11 is 6.40. The van der Waals surface area contributed by atoms with Gasteiger partial charge in [-0.05, 0) is 86.1 Å². The molecule has 0 atom stereocenters. The molecular formula is C29H30ClN3O2. The van der Waals surface area contributed by atoms with Crippen LogP contribution in [-0.2, 0) is 12.8 Å². The first kappa shape index (κ1) is 22.5. The Hall–Kier alpha value is -2.92. The molecule has 2 aliphatic heterocycles. The number of nitrogens with zero attached hydrogens (tertiary/aromatic N) is 3. The van der Waals surface area contributed by atoms with Crippen LogP contribution in [0.2, 0.25) is 5.02 Å². The van der Waals surface area contributed by atoms with Crippen LogP contribution in [0.4, 0.5) is 5.82 Å². The molecule has 0 unspecified atom stereocenters. The first-order valence-electron chi connectivity index (χ1n) is 12.7. The van der Waals surface area contributed by atoms with Crippen molar-refractivity contribution in [2.24, 2.45) is 0 Å². The van der Waals surface area contributed by atoms with Crippen LogP contribution in [0.15, 0.2) is 36.4 Å². The van der Waals surface area contributed by atoms with E-state index in [0.29, 0.717) is 22.8 Å². The maximum Gasteiger partial charge on any atom is 0.170 e. The third-order valence-corrected chi connectivity index (χ3v) is 8.61. The number of ketones is 1. The summed E-state index contributed by atoms with van der Waals surface area (Å²) in [4.78, 5) is 15.3. The van der Waals surface area contributed by atoms with Crippen molar-refractivity contribution in [3.8, 4) is 17.0 Å². The van der Waals surface area contributed by atoms with Crippen LogP contribution >= 0.6 is 11.6 Å². The summed E-state index contributed by atoms with van der Waals surface area (Å²) in [5.41, 5.74) is 6.95. The van der Waals surface area contributed by atoms with E-state index < -0.39 is 5.60 Å². The van der Waals surface area contributed by atoms with E-state index in [1.165, 1.54) is 30.4 Å². The molecular weight excluding hydrogens is 458 g/mol. The predicted molar refractivity (Wildman–Crippen MR) is 139 cm³/mol. The molecule has 2 aromatic carbocycles. The van der Waals surface area contributed by atoms with Gasteiger partial charge in [-0.25, -0.2) is 0 Å². The molecule has 35 heavy (non-hydrogen) atoms. The van der Waals surface area contributed by atoms with Gasteiger partial charge >= 0.3 is 0 Å². The highest BCUT2D eigenvalue weighted by molar-refractivity contribution is 6.32. The average Bonchev–Trinajstić information content (AvgIpc) is 2.87. The van der Waals surface area contributed by atoms with Gasteiger partial charge in [-0.2, -0.15) is 0 Å². The van der Waals surface area contributed by atoms with Gasteiger partial charge in [0, 0.05) is 36.5 Å². The molecule has 5 nitrogen and oxygen atoms in total. The molecule has 1 aromatic heterocycles. The number of anilines is 1. The Kier molecular flexibility index (Phi) is 5.56. The van der Waals surface area contributed by atoms with Crippen LogP contribution in [0.5, 0.6) is 5.75 Å². The van der Waals surface area contributed by atoms with E-state index in [9.17, 15) is 4.79 Å². The largest absolute Gasteiger partial charge is 0.486 e. The number of rotatable bonds is 2. The number of hydrogen-bond donors (Lipinski definition) is 0. The number of aromatic nitrogens is 2. The number of aryl methyl sites for hydroxylation is 3. The minimum absolute atomic E-state index is 0.133. The fourth-order valence-corrected chi connectivity index (χ4v) is 6.11. The first-order valence-corrected chi connectivity index (χ1v) is 13.0. The molecule has 3 aromatic rings. The van der Waals surface area contributed by atoms with Gasteiger partial charge in [-0.15, -0.1) is 10.2 Å². The van der Waals surface area contributed by atoms with Crippen LogP contribution in [-0.4, -0.2) is 34.7 Å². The smallest absolute Gasteiger partial charge is 0.170 e. The highest BCUT2D eigenvalue weighted by Gasteiger charge is 2.44. The Morgan fingerprint density at radius 1 is 0.971 bits per heavy atom. The van der Waals surface area contributed by atoms with Crippen molar-refractivity contribution >= 4 is 23.2 Å². The molecule has 1 spiro atoms. The fraction of sp³-hybridized carbons (Fsp3) is 0.414. The van der Waals surface area contributed by atoms with Crippen molar-refractivity contribution in [3.63, 3.8) is 0 Å². The maximum atomic E-state index is 13.1. The summed E-state index contributed by atoms with van der Waals surface area (Å²) in [5, 5.41) is 9.78. The normalized spacial score (nSPS) is 18.7. The lowest BCUT2D eigenvalue weighted by Crippen LogP contribution is -2.51. The molecule has 6 heteroatoms. The Bertz CT molecular complexity index is 1310. The third kappa shape index (κ3) is 4.00. The van der Waals surface area contributed by atoms with Gasteiger partial charge in [-0.3, -0.25) is 4.79 Å². The van der Waals surface area contributed by atoms with Crippen molar-refractivity contribution in [1.29, 1.82) is 0 Å². The van der Waals surface area contributed by atoms with Crippen molar-refractivity contribution < 1.29 is 9.53 Å². The van der Waals surface area contributed by atoms with E-state index >= 15 is 0 Å². The summed E-state index contributed by atoms with van der Waals surface area (Å²) in [7, 11) is 0. The molecule has 180 valence electrons. The molecule has 1 fully saturated rings. The first-order chi connectivity index (χ1) is 16.9. The lowest BCUT2D eigenvalue weighted by molar-refractivity contribution is 0.0229. The van der Waals surface area contributed by atoms with Crippen LogP contribution in [0.3, 0.4) is 0 Å². The predicted octanol–water partition coefficient (Wildman–Crippen LogP) is 6.30. The van der Waals surface area contributed by atoms with Crippen molar-refractivity contribution in [1.82, 2.24) is 10.2 Å². The number of fused-ring (bicyclic) bond motifs is 2. The molecule has 3 heterocycles. The number of carbonyl (C=O) groups excluding carboxylic acids is 1. The SMILES string of the molecule is Cc1cc2c(c(C)c1Cl)C(=O)CC1(CCN(c3ccc(-c4ccc5c(c4)CCCC5)nn3)CC1)O2. The molecule has 1 aliphatic carbocycles. The number of benzene rings is 2. The number of halogens is 1. The molecule has 1 saturated heterocycles. The van der Waals surface area contributed by atoms with Gasteiger partial charge in [0.1, 0.15) is 11.4 Å². The Morgan fingerprint density at radius 2 is 1.74 bits per heavy atom. The monoisotopic (exact) mass is 487 g/mol. The van der Waals surface area contributed by atoms with E-state index in [2.05, 4.69) is 45.4 Å². The lowest BCUT2D eigenvalue weighted by atomic mass is 9.81. The summed E-state index contributed by atoms with van der Waals surface area (Å²) in [6, 6.07) is 12.8. The Labute approximate surface area is 211 Å². The van der Waals surface area contributed by atoms with E-state index in [0.717, 1.165) is 60.6 Å². The fourth-order valence-electron chi connectivity index (χ4n) is 5.96. The summed E-state index contributed by atoms with van der Waals surface area (Å²) in [5.74, 6) is 1.69. The van der Waals surface area contributed by atoms with Gasteiger partial charge in [0.2, 0.25) is 0 Å². The number of carbonyl (C=O) groups is 1. The lowest BCUT2D eigenvalue weighted by Gasteiger charge is -2.44. The number of ether oxygens (including phenoxy) is 1. The molecule has 6 rings (SSSR count). The van der Waals surface area contributed by atoms with Crippen LogP contribution in [0, 0.1) is 13.8 Å². The summed E-state index contributed by atoms with van der Waals surface area (Å²) in [6.45, 7) is 5.42. The van der Waals surface area contributed by atoms with Gasteiger partial charge in [0.15, 0.2) is 11.6 Å². The molecule has 3 aliphatic rings. The summed E-state index contributed by atoms with van der Waals surface area (Å²) in [6.07, 6.45) is 6.84. The quantitative estimate of drug-likeness (QED) is 0.424. The zero-order chi connectivity index (χ0) is 24.2. The Balaban J connectivity index is 1.16.